The van der Waals surface area contributed by atoms with Gasteiger partial charge >= 0.3 is 0 Å². The van der Waals surface area contributed by atoms with E-state index in [4.69, 9.17) is 0 Å². The van der Waals surface area contributed by atoms with Crippen LogP contribution in [0.4, 0.5) is 0 Å². The Labute approximate surface area is 84.9 Å². The van der Waals surface area contributed by atoms with Crippen molar-refractivity contribution in [2.24, 2.45) is 11.8 Å². The van der Waals surface area contributed by atoms with E-state index >= 15 is 0 Å². The molecule has 1 saturated carbocycles. The van der Waals surface area contributed by atoms with Gasteiger partial charge in [0.05, 0.1) is 12.0 Å². The highest BCUT2D eigenvalue weighted by Gasteiger charge is 2.35. The molecule has 1 saturated heterocycles. The summed E-state index contributed by atoms with van der Waals surface area (Å²) in [4.78, 5) is 11.4. The van der Waals surface area contributed by atoms with E-state index in [0.717, 1.165) is 25.8 Å². The first kappa shape index (κ1) is 9.97. The van der Waals surface area contributed by atoms with Crippen LogP contribution in [0, 0.1) is 11.8 Å². The quantitative estimate of drug-likeness (QED) is 0.695. The van der Waals surface area contributed by atoms with Gasteiger partial charge in [-0.15, -0.1) is 0 Å². The van der Waals surface area contributed by atoms with Gasteiger partial charge < -0.3 is 10.4 Å². The van der Waals surface area contributed by atoms with Gasteiger partial charge in [-0.2, -0.15) is 0 Å². The van der Waals surface area contributed by atoms with E-state index < -0.39 is 6.10 Å². The van der Waals surface area contributed by atoms with E-state index in [1.807, 2.05) is 0 Å². The van der Waals surface area contributed by atoms with Crippen LogP contribution in [0.3, 0.4) is 0 Å². The summed E-state index contributed by atoms with van der Waals surface area (Å²) >= 11 is 0. The molecule has 3 nitrogen and oxygen atoms in total. The van der Waals surface area contributed by atoms with Crippen molar-refractivity contribution in [3.63, 3.8) is 0 Å². The molecule has 2 aliphatic rings. The Morgan fingerprint density at radius 1 is 1.21 bits per heavy atom. The largest absolute Gasteiger partial charge is 0.392 e. The van der Waals surface area contributed by atoms with Crippen LogP contribution in [0.2, 0.25) is 0 Å². The second kappa shape index (κ2) is 4.30. The smallest absolute Gasteiger partial charge is 0.225 e. The maximum Gasteiger partial charge on any atom is 0.225 e. The summed E-state index contributed by atoms with van der Waals surface area (Å²) in [5, 5.41) is 12.9. The summed E-state index contributed by atoms with van der Waals surface area (Å²) < 4.78 is 0. The SMILES string of the molecule is O=C1NCCC1C(O)C1CCCCC1. The zero-order valence-electron chi connectivity index (χ0n) is 8.54. The molecule has 0 bridgehead atoms. The Hall–Kier alpha value is -0.570. The molecule has 2 atom stereocenters. The van der Waals surface area contributed by atoms with E-state index in [1.54, 1.807) is 0 Å². The number of carbonyl (C=O) groups excluding carboxylic acids is 1. The Morgan fingerprint density at radius 3 is 2.50 bits per heavy atom. The molecule has 3 heteroatoms. The van der Waals surface area contributed by atoms with Crippen molar-refractivity contribution in [2.45, 2.75) is 44.6 Å². The summed E-state index contributed by atoms with van der Waals surface area (Å²) in [5.41, 5.74) is 0. The monoisotopic (exact) mass is 197 g/mol. The average Bonchev–Trinajstić information content (AvgIpc) is 2.65. The zero-order valence-corrected chi connectivity index (χ0v) is 8.54. The fourth-order valence-corrected chi connectivity index (χ4v) is 2.74. The molecule has 2 N–H and O–H groups in total. The summed E-state index contributed by atoms with van der Waals surface area (Å²) in [6.45, 7) is 0.743. The third-order valence-corrected chi connectivity index (χ3v) is 3.64. The fraction of sp³-hybridized carbons (Fsp3) is 0.909. The van der Waals surface area contributed by atoms with E-state index in [9.17, 15) is 9.90 Å². The molecule has 1 heterocycles. The molecular formula is C11H19NO2. The zero-order chi connectivity index (χ0) is 9.97. The predicted molar refractivity (Wildman–Crippen MR) is 53.7 cm³/mol. The van der Waals surface area contributed by atoms with E-state index in [-0.39, 0.29) is 11.8 Å². The molecule has 80 valence electrons. The maximum atomic E-state index is 11.4. The second-order valence-corrected chi connectivity index (χ2v) is 4.57. The molecule has 0 radical (unpaired) electrons. The van der Waals surface area contributed by atoms with Gasteiger partial charge in [-0.05, 0) is 25.2 Å². The molecule has 0 aromatic carbocycles. The van der Waals surface area contributed by atoms with Crippen molar-refractivity contribution >= 4 is 5.91 Å². The average molecular weight is 197 g/mol. The van der Waals surface area contributed by atoms with Crippen molar-refractivity contribution in [1.82, 2.24) is 5.32 Å². The number of aliphatic hydroxyl groups excluding tert-OH is 1. The maximum absolute atomic E-state index is 11.4. The van der Waals surface area contributed by atoms with Crippen molar-refractivity contribution in [3.05, 3.63) is 0 Å². The number of carbonyl (C=O) groups is 1. The third kappa shape index (κ3) is 1.92. The lowest BCUT2D eigenvalue weighted by molar-refractivity contribution is -0.127. The Kier molecular flexibility index (Phi) is 3.06. The molecule has 2 fully saturated rings. The first-order chi connectivity index (χ1) is 6.79. The van der Waals surface area contributed by atoms with Gasteiger partial charge in [0.15, 0.2) is 0 Å². The minimum absolute atomic E-state index is 0.0584. The molecule has 0 aromatic heterocycles. The van der Waals surface area contributed by atoms with Gasteiger partial charge in [-0.3, -0.25) is 4.79 Å². The number of hydrogen-bond acceptors (Lipinski definition) is 2. The minimum Gasteiger partial charge on any atom is -0.392 e. The molecule has 14 heavy (non-hydrogen) atoms. The summed E-state index contributed by atoms with van der Waals surface area (Å²) in [6.07, 6.45) is 6.36. The highest BCUT2D eigenvalue weighted by molar-refractivity contribution is 5.81. The van der Waals surface area contributed by atoms with Gasteiger partial charge in [0.1, 0.15) is 0 Å². The van der Waals surface area contributed by atoms with Gasteiger partial charge in [0, 0.05) is 6.54 Å². The predicted octanol–water partition coefficient (Wildman–Crippen LogP) is 1.06. The van der Waals surface area contributed by atoms with Crippen LogP contribution in [0.15, 0.2) is 0 Å². The van der Waals surface area contributed by atoms with Crippen molar-refractivity contribution < 1.29 is 9.90 Å². The molecular weight excluding hydrogens is 178 g/mol. The fourth-order valence-electron chi connectivity index (χ4n) is 2.74. The van der Waals surface area contributed by atoms with Crippen LogP contribution in [-0.4, -0.2) is 23.7 Å². The van der Waals surface area contributed by atoms with Crippen LogP contribution >= 0.6 is 0 Å². The molecule has 2 rings (SSSR count). The number of rotatable bonds is 2. The van der Waals surface area contributed by atoms with Gasteiger partial charge in [-0.1, -0.05) is 19.3 Å². The summed E-state index contributed by atoms with van der Waals surface area (Å²) in [5.74, 6) is 0.304. The van der Waals surface area contributed by atoms with E-state index in [0.29, 0.717) is 5.92 Å². The Balaban J connectivity index is 1.92. The Bertz CT molecular complexity index is 211. The first-order valence-corrected chi connectivity index (χ1v) is 5.75. The van der Waals surface area contributed by atoms with E-state index in [2.05, 4.69) is 5.32 Å². The van der Waals surface area contributed by atoms with Crippen LogP contribution in [0.1, 0.15) is 38.5 Å². The van der Waals surface area contributed by atoms with Gasteiger partial charge in [0.25, 0.3) is 0 Å². The Morgan fingerprint density at radius 2 is 1.93 bits per heavy atom. The van der Waals surface area contributed by atoms with E-state index in [1.165, 1.54) is 19.3 Å². The lowest BCUT2D eigenvalue weighted by Crippen LogP contribution is -2.35. The number of amides is 1. The standard InChI is InChI=1S/C11H19NO2/c13-10(8-4-2-1-3-5-8)9-6-7-12-11(9)14/h8-10,13H,1-7H2,(H,12,14). The van der Waals surface area contributed by atoms with Gasteiger partial charge in [0.2, 0.25) is 5.91 Å². The number of aliphatic hydroxyl groups is 1. The molecule has 1 aliphatic carbocycles. The lowest BCUT2D eigenvalue weighted by Gasteiger charge is -2.29. The lowest BCUT2D eigenvalue weighted by atomic mass is 9.80. The first-order valence-electron chi connectivity index (χ1n) is 5.75. The van der Waals surface area contributed by atoms with Crippen molar-refractivity contribution in [2.75, 3.05) is 6.54 Å². The highest BCUT2D eigenvalue weighted by atomic mass is 16.3. The summed E-state index contributed by atoms with van der Waals surface area (Å²) in [7, 11) is 0. The molecule has 1 aliphatic heterocycles. The van der Waals surface area contributed by atoms with Crippen LogP contribution in [-0.2, 0) is 4.79 Å². The number of hydrogen-bond donors (Lipinski definition) is 2. The third-order valence-electron chi connectivity index (χ3n) is 3.64. The number of nitrogens with one attached hydrogen (secondary N) is 1. The molecule has 0 spiro atoms. The highest BCUT2D eigenvalue weighted by Crippen LogP contribution is 2.31. The van der Waals surface area contributed by atoms with Gasteiger partial charge in [-0.25, -0.2) is 0 Å². The molecule has 2 unspecified atom stereocenters. The summed E-state index contributed by atoms with van der Waals surface area (Å²) in [6, 6.07) is 0. The topological polar surface area (TPSA) is 49.3 Å². The van der Waals surface area contributed by atoms with Crippen molar-refractivity contribution in [3.8, 4) is 0 Å². The van der Waals surface area contributed by atoms with Crippen LogP contribution in [0.25, 0.3) is 0 Å². The molecule has 1 amide bonds. The molecule has 0 aromatic rings. The second-order valence-electron chi connectivity index (χ2n) is 4.57. The van der Waals surface area contributed by atoms with Crippen LogP contribution in [0.5, 0.6) is 0 Å². The minimum atomic E-state index is -0.391. The van der Waals surface area contributed by atoms with Crippen LogP contribution < -0.4 is 5.32 Å². The normalized spacial score (nSPS) is 31.5. The van der Waals surface area contributed by atoms with Crippen molar-refractivity contribution in [1.29, 1.82) is 0 Å².